The third kappa shape index (κ3) is 6.31. The maximum Gasteiger partial charge on any atom is 0.264 e. The number of nitrogens with zero attached hydrogens (tertiary/aromatic N) is 2. The van der Waals surface area contributed by atoms with Crippen molar-refractivity contribution >= 4 is 27.5 Å². The lowest BCUT2D eigenvalue weighted by atomic mass is 10.1. The fourth-order valence-corrected chi connectivity index (χ4v) is 5.29. The molecule has 2 amide bonds. The molecule has 0 spiro atoms. The largest absolute Gasteiger partial charge is 0.357 e. The molecule has 3 rings (SSSR count). The molecule has 190 valence electrons. The van der Waals surface area contributed by atoms with Gasteiger partial charge in [-0.25, -0.2) is 8.42 Å². The maximum atomic E-state index is 13.7. The van der Waals surface area contributed by atoms with Gasteiger partial charge >= 0.3 is 0 Å². The molecule has 0 aromatic heterocycles. The summed E-state index contributed by atoms with van der Waals surface area (Å²) in [6, 6.07) is 20.3. The summed E-state index contributed by atoms with van der Waals surface area (Å²) >= 11 is 0. The van der Waals surface area contributed by atoms with Crippen molar-refractivity contribution in [3.05, 3.63) is 95.1 Å². The maximum absolute atomic E-state index is 13.7. The Labute approximate surface area is 213 Å². The molecule has 7 nitrogen and oxygen atoms in total. The van der Waals surface area contributed by atoms with Crippen molar-refractivity contribution in [2.24, 2.45) is 0 Å². The average molecular weight is 508 g/mol. The molecule has 0 heterocycles. The molecule has 1 N–H and O–H groups in total. The number of sulfonamides is 1. The Morgan fingerprint density at radius 3 is 2.00 bits per heavy atom. The lowest BCUT2D eigenvalue weighted by Crippen LogP contribution is -2.50. The van der Waals surface area contributed by atoms with Gasteiger partial charge in [0.1, 0.15) is 12.6 Å². The lowest BCUT2D eigenvalue weighted by Gasteiger charge is -2.32. The molecule has 0 unspecified atom stereocenters. The van der Waals surface area contributed by atoms with E-state index in [1.54, 1.807) is 43.3 Å². The molecule has 0 aliphatic heterocycles. The second-order valence-corrected chi connectivity index (χ2v) is 10.8. The second-order valence-electron chi connectivity index (χ2n) is 8.96. The summed E-state index contributed by atoms with van der Waals surface area (Å²) in [4.78, 5) is 27.7. The van der Waals surface area contributed by atoms with E-state index in [4.69, 9.17) is 0 Å². The van der Waals surface area contributed by atoms with Crippen LogP contribution in [0, 0.1) is 20.8 Å². The van der Waals surface area contributed by atoms with Gasteiger partial charge in [-0.15, -0.1) is 0 Å². The number of benzene rings is 3. The van der Waals surface area contributed by atoms with E-state index in [0.29, 0.717) is 5.69 Å². The highest BCUT2D eigenvalue weighted by Gasteiger charge is 2.32. The number of hydrogen-bond acceptors (Lipinski definition) is 4. The number of nitrogens with one attached hydrogen (secondary N) is 1. The molecule has 0 bridgehead atoms. The van der Waals surface area contributed by atoms with Crippen LogP contribution in [-0.4, -0.2) is 44.8 Å². The Bertz CT molecular complexity index is 1320. The number of hydrogen-bond donors (Lipinski definition) is 1. The van der Waals surface area contributed by atoms with E-state index in [1.807, 2.05) is 45.0 Å². The van der Waals surface area contributed by atoms with Crippen molar-refractivity contribution in [1.82, 2.24) is 10.2 Å². The Morgan fingerprint density at radius 2 is 1.44 bits per heavy atom. The first-order valence-electron chi connectivity index (χ1n) is 11.8. The summed E-state index contributed by atoms with van der Waals surface area (Å²) < 4.78 is 28.6. The summed E-state index contributed by atoms with van der Waals surface area (Å²) in [5.41, 5.74) is 4.14. The van der Waals surface area contributed by atoms with Gasteiger partial charge in [0.05, 0.1) is 10.6 Å². The van der Waals surface area contributed by atoms with E-state index in [9.17, 15) is 18.0 Å². The van der Waals surface area contributed by atoms with E-state index < -0.39 is 28.5 Å². The SMILES string of the molecule is CNC(=O)[C@@H](C)N(Cc1cccc(C)c1)C(=O)CN(c1ccc(C)cc1)S(=O)(=O)c1ccc(C)cc1. The van der Waals surface area contributed by atoms with Crippen LogP contribution in [0.1, 0.15) is 29.2 Å². The first-order valence-corrected chi connectivity index (χ1v) is 13.2. The first kappa shape index (κ1) is 26.9. The zero-order chi connectivity index (χ0) is 26.5. The van der Waals surface area contributed by atoms with Crippen LogP contribution in [0.3, 0.4) is 0 Å². The average Bonchev–Trinajstić information content (AvgIpc) is 2.85. The molecule has 1 atom stereocenters. The van der Waals surface area contributed by atoms with Gasteiger partial charge in [0.15, 0.2) is 0 Å². The van der Waals surface area contributed by atoms with Gasteiger partial charge in [-0.3, -0.25) is 13.9 Å². The van der Waals surface area contributed by atoms with E-state index >= 15 is 0 Å². The van der Waals surface area contributed by atoms with E-state index in [1.165, 1.54) is 24.1 Å². The molecule has 0 fully saturated rings. The van der Waals surface area contributed by atoms with Gasteiger partial charge in [-0.2, -0.15) is 0 Å². The zero-order valence-corrected chi connectivity index (χ0v) is 22.2. The lowest BCUT2D eigenvalue weighted by molar-refractivity contribution is -0.139. The number of anilines is 1. The van der Waals surface area contributed by atoms with Gasteiger partial charge in [0, 0.05) is 13.6 Å². The van der Waals surface area contributed by atoms with Crippen molar-refractivity contribution in [1.29, 1.82) is 0 Å². The summed E-state index contributed by atoms with van der Waals surface area (Å²) in [6.45, 7) is 7.08. The number of carbonyl (C=O) groups excluding carboxylic acids is 2. The fraction of sp³-hybridized carbons (Fsp3) is 0.286. The molecule has 36 heavy (non-hydrogen) atoms. The van der Waals surface area contributed by atoms with Crippen LogP contribution in [0.2, 0.25) is 0 Å². The van der Waals surface area contributed by atoms with Crippen LogP contribution >= 0.6 is 0 Å². The van der Waals surface area contributed by atoms with Crippen molar-refractivity contribution in [3.63, 3.8) is 0 Å². The minimum Gasteiger partial charge on any atom is -0.357 e. The topological polar surface area (TPSA) is 86.8 Å². The zero-order valence-electron chi connectivity index (χ0n) is 21.4. The fourth-order valence-electron chi connectivity index (χ4n) is 3.88. The van der Waals surface area contributed by atoms with Crippen LogP contribution in [0.15, 0.2) is 77.7 Å². The molecule has 0 aliphatic carbocycles. The Balaban J connectivity index is 2.02. The summed E-state index contributed by atoms with van der Waals surface area (Å²) in [7, 11) is -2.55. The van der Waals surface area contributed by atoms with Crippen molar-refractivity contribution in [2.75, 3.05) is 17.9 Å². The Kier molecular flexibility index (Phi) is 8.53. The molecule has 0 saturated carbocycles. The van der Waals surface area contributed by atoms with Crippen LogP contribution in [-0.2, 0) is 26.2 Å². The van der Waals surface area contributed by atoms with Gasteiger partial charge in [0.2, 0.25) is 11.8 Å². The number of amides is 2. The molecule has 3 aromatic carbocycles. The summed E-state index contributed by atoms with van der Waals surface area (Å²) in [5.74, 6) is -0.817. The van der Waals surface area contributed by atoms with Gasteiger partial charge in [-0.05, 0) is 57.5 Å². The second kappa shape index (κ2) is 11.4. The molecule has 0 radical (unpaired) electrons. The number of rotatable bonds is 9. The van der Waals surface area contributed by atoms with Crippen LogP contribution in [0.4, 0.5) is 5.69 Å². The predicted molar refractivity (Wildman–Crippen MR) is 142 cm³/mol. The highest BCUT2D eigenvalue weighted by molar-refractivity contribution is 7.92. The van der Waals surface area contributed by atoms with Crippen molar-refractivity contribution < 1.29 is 18.0 Å². The van der Waals surface area contributed by atoms with Crippen molar-refractivity contribution in [2.45, 2.75) is 45.2 Å². The van der Waals surface area contributed by atoms with Crippen LogP contribution in [0.5, 0.6) is 0 Å². The van der Waals surface area contributed by atoms with E-state index in [0.717, 1.165) is 26.6 Å². The third-order valence-corrected chi connectivity index (χ3v) is 7.85. The van der Waals surface area contributed by atoms with Crippen LogP contribution in [0.25, 0.3) is 0 Å². The number of likely N-dealkylation sites (N-methyl/N-ethyl adjacent to an activating group) is 1. The molecule has 0 aliphatic rings. The normalized spacial score (nSPS) is 12.0. The van der Waals surface area contributed by atoms with Gasteiger partial charge in [-0.1, -0.05) is 65.2 Å². The minimum absolute atomic E-state index is 0.0889. The highest BCUT2D eigenvalue weighted by atomic mass is 32.2. The summed E-state index contributed by atoms with van der Waals surface area (Å²) in [5, 5.41) is 2.59. The first-order chi connectivity index (χ1) is 17.0. The molecule has 0 saturated heterocycles. The standard InChI is InChI=1S/C28H33N3O4S/c1-20-9-13-25(14-10-20)31(36(34,35)26-15-11-21(2)12-16-26)19-27(32)30(23(4)28(33)29-5)18-24-8-6-7-22(3)17-24/h6-17,23H,18-19H2,1-5H3,(H,29,33)/t23-/m1/s1. The monoisotopic (exact) mass is 507 g/mol. The predicted octanol–water partition coefficient (Wildman–Crippen LogP) is 3.97. The summed E-state index contributed by atoms with van der Waals surface area (Å²) in [6.07, 6.45) is 0. The smallest absolute Gasteiger partial charge is 0.264 e. The van der Waals surface area contributed by atoms with Crippen molar-refractivity contribution in [3.8, 4) is 0 Å². The number of aryl methyl sites for hydroxylation is 3. The highest BCUT2D eigenvalue weighted by Crippen LogP contribution is 2.25. The third-order valence-electron chi connectivity index (χ3n) is 6.06. The molecule has 8 heteroatoms. The molecular weight excluding hydrogens is 474 g/mol. The molecular formula is C28H33N3O4S. The molecule has 3 aromatic rings. The number of carbonyl (C=O) groups is 2. The minimum atomic E-state index is -4.06. The quantitative estimate of drug-likeness (QED) is 0.475. The van der Waals surface area contributed by atoms with Gasteiger partial charge < -0.3 is 10.2 Å². The van der Waals surface area contributed by atoms with E-state index in [-0.39, 0.29) is 17.3 Å². The Morgan fingerprint density at radius 1 is 0.861 bits per heavy atom. The van der Waals surface area contributed by atoms with E-state index in [2.05, 4.69) is 5.32 Å². The Hall–Kier alpha value is -3.65. The van der Waals surface area contributed by atoms with Crippen LogP contribution < -0.4 is 9.62 Å². The van der Waals surface area contributed by atoms with Gasteiger partial charge in [0.25, 0.3) is 10.0 Å².